The molecule has 1 aliphatic rings. The SMILES string of the molecule is CC1(NC(=O)N[C@H](C(=O)O)C(C)(C)C)CCCC1. The normalized spacial score (nSPS) is 20.2. The van der Waals surface area contributed by atoms with E-state index in [0.29, 0.717) is 0 Å². The molecule has 0 saturated heterocycles. The fourth-order valence-electron chi connectivity index (χ4n) is 2.37. The Bertz CT molecular complexity index is 328. The van der Waals surface area contributed by atoms with Crippen molar-refractivity contribution in [2.45, 2.75) is 65.0 Å². The molecule has 18 heavy (non-hydrogen) atoms. The molecule has 1 atom stereocenters. The number of hydrogen-bond acceptors (Lipinski definition) is 2. The molecule has 0 radical (unpaired) electrons. The maximum absolute atomic E-state index is 11.9. The van der Waals surface area contributed by atoms with Gasteiger partial charge in [0, 0.05) is 5.54 Å². The molecule has 2 amide bonds. The first kappa shape index (κ1) is 14.8. The lowest BCUT2D eigenvalue weighted by molar-refractivity contribution is -0.141. The summed E-state index contributed by atoms with van der Waals surface area (Å²) in [7, 11) is 0. The van der Waals surface area contributed by atoms with Gasteiger partial charge in [-0.3, -0.25) is 0 Å². The number of nitrogens with one attached hydrogen (secondary N) is 2. The molecule has 1 saturated carbocycles. The van der Waals surface area contributed by atoms with Crippen molar-refractivity contribution in [1.82, 2.24) is 10.6 Å². The van der Waals surface area contributed by atoms with Gasteiger partial charge in [0.05, 0.1) is 0 Å². The minimum atomic E-state index is -1.01. The molecule has 0 spiro atoms. The molecular formula is C13H24N2O3. The van der Waals surface area contributed by atoms with E-state index in [1.54, 1.807) is 20.8 Å². The van der Waals surface area contributed by atoms with E-state index in [9.17, 15) is 9.59 Å². The van der Waals surface area contributed by atoms with Crippen molar-refractivity contribution < 1.29 is 14.7 Å². The molecule has 5 nitrogen and oxygen atoms in total. The Labute approximate surface area is 108 Å². The van der Waals surface area contributed by atoms with Crippen LogP contribution in [0.4, 0.5) is 4.79 Å². The van der Waals surface area contributed by atoms with E-state index in [1.165, 1.54) is 0 Å². The van der Waals surface area contributed by atoms with Gasteiger partial charge >= 0.3 is 12.0 Å². The van der Waals surface area contributed by atoms with Crippen molar-refractivity contribution >= 4 is 12.0 Å². The number of amides is 2. The Hall–Kier alpha value is -1.26. The molecule has 0 aromatic heterocycles. The summed E-state index contributed by atoms with van der Waals surface area (Å²) in [5.41, 5.74) is -0.704. The van der Waals surface area contributed by atoms with Crippen LogP contribution >= 0.6 is 0 Å². The minimum Gasteiger partial charge on any atom is -0.480 e. The highest BCUT2D eigenvalue weighted by Crippen LogP contribution is 2.28. The molecule has 0 aromatic carbocycles. The second kappa shape index (κ2) is 5.16. The standard InChI is InChI=1S/C13H24N2O3/c1-12(2,3)9(10(16)17)14-11(18)15-13(4)7-5-6-8-13/h9H,5-8H2,1-4H3,(H,16,17)(H2,14,15,18)/t9-/m1/s1. The van der Waals surface area contributed by atoms with E-state index in [4.69, 9.17) is 5.11 Å². The third-order valence-corrected chi connectivity index (χ3v) is 3.51. The second-order valence-corrected chi connectivity index (χ2v) is 6.50. The van der Waals surface area contributed by atoms with Gasteiger partial charge in [0.25, 0.3) is 0 Å². The summed E-state index contributed by atoms with van der Waals surface area (Å²) in [4.78, 5) is 23.0. The van der Waals surface area contributed by atoms with Gasteiger partial charge in [-0.05, 0) is 25.2 Å². The average Bonchev–Trinajstić information content (AvgIpc) is 2.59. The van der Waals surface area contributed by atoms with Crippen LogP contribution < -0.4 is 10.6 Å². The lowest BCUT2D eigenvalue weighted by Gasteiger charge is -2.31. The van der Waals surface area contributed by atoms with Gasteiger partial charge in [0.15, 0.2) is 0 Å². The number of carboxylic acid groups (broad SMARTS) is 1. The van der Waals surface area contributed by atoms with E-state index in [0.717, 1.165) is 25.7 Å². The summed E-state index contributed by atoms with van der Waals surface area (Å²) in [5, 5.41) is 14.6. The number of carboxylic acids is 1. The van der Waals surface area contributed by atoms with Crippen molar-refractivity contribution in [2.24, 2.45) is 5.41 Å². The molecule has 1 rings (SSSR count). The van der Waals surface area contributed by atoms with Crippen molar-refractivity contribution in [3.8, 4) is 0 Å². The smallest absolute Gasteiger partial charge is 0.326 e. The van der Waals surface area contributed by atoms with Crippen LogP contribution in [0.1, 0.15) is 53.4 Å². The van der Waals surface area contributed by atoms with Crippen LogP contribution in [0.3, 0.4) is 0 Å². The average molecular weight is 256 g/mol. The lowest BCUT2D eigenvalue weighted by atomic mass is 9.87. The molecule has 104 valence electrons. The van der Waals surface area contributed by atoms with Crippen LogP contribution in [0.25, 0.3) is 0 Å². The van der Waals surface area contributed by atoms with Crippen molar-refractivity contribution in [1.29, 1.82) is 0 Å². The van der Waals surface area contributed by atoms with Crippen LogP contribution in [0.2, 0.25) is 0 Å². The fraction of sp³-hybridized carbons (Fsp3) is 0.846. The maximum Gasteiger partial charge on any atom is 0.326 e. The maximum atomic E-state index is 11.9. The molecule has 0 aliphatic heterocycles. The first-order valence-corrected chi connectivity index (χ1v) is 6.45. The Morgan fingerprint density at radius 2 is 1.72 bits per heavy atom. The zero-order valence-electron chi connectivity index (χ0n) is 11.7. The van der Waals surface area contributed by atoms with Crippen molar-refractivity contribution in [3.05, 3.63) is 0 Å². The van der Waals surface area contributed by atoms with E-state index >= 15 is 0 Å². The monoisotopic (exact) mass is 256 g/mol. The Kier molecular flexibility index (Phi) is 4.24. The summed E-state index contributed by atoms with van der Waals surface area (Å²) >= 11 is 0. The number of urea groups is 1. The number of rotatable bonds is 3. The summed E-state index contributed by atoms with van der Waals surface area (Å²) in [6.07, 6.45) is 4.12. The highest BCUT2D eigenvalue weighted by molar-refractivity contribution is 5.83. The van der Waals surface area contributed by atoms with Gasteiger partial charge in [-0.2, -0.15) is 0 Å². The highest BCUT2D eigenvalue weighted by Gasteiger charge is 2.35. The molecular weight excluding hydrogens is 232 g/mol. The van der Waals surface area contributed by atoms with Gasteiger partial charge in [0.1, 0.15) is 6.04 Å². The molecule has 0 bridgehead atoms. The molecule has 5 heteroatoms. The van der Waals surface area contributed by atoms with Gasteiger partial charge < -0.3 is 15.7 Å². The first-order valence-electron chi connectivity index (χ1n) is 6.45. The van der Waals surface area contributed by atoms with Gasteiger partial charge in [-0.15, -0.1) is 0 Å². The minimum absolute atomic E-state index is 0.189. The summed E-state index contributed by atoms with van der Waals surface area (Å²) in [5.74, 6) is -1.01. The van der Waals surface area contributed by atoms with Gasteiger partial charge in [-0.25, -0.2) is 9.59 Å². The predicted molar refractivity (Wildman–Crippen MR) is 69.4 cm³/mol. The van der Waals surface area contributed by atoms with Crippen LogP contribution in [0, 0.1) is 5.41 Å². The topological polar surface area (TPSA) is 78.4 Å². The van der Waals surface area contributed by atoms with Crippen LogP contribution in [0.5, 0.6) is 0 Å². The summed E-state index contributed by atoms with van der Waals surface area (Å²) in [6, 6.07) is -1.27. The largest absolute Gasteiger partial charge is 0.480 e. The van der Waals surface area contributed by atoms with E-state index in [2.05, 4.69) is 10.6 Å². The summed E-state index contributed by atoms with van der Waals surface area (Å²) < 4.78 is 0. The Morgan fingerprint density at radius 3 is 2.11 bits per heavy atom. The fourth-order valence-corrected chi connectivity index (χ4v) is 2.37. The highest BCUT2D eigenvalue weighted by atomic mass is 16.4. The molecule has 0 heterocycles. The van der Waals surface area contributed by atoms with Crippen LogP contribution in [-0.2, 0) is 4.79 Å². The van der Waals surface area contributed by atoms with E-state index in [-0.39, 0.29) is 11.6 Å². The summed E-state index contributed by atoms with van der Waals surface area (Å²) in [6.45, 7) is 7.39. The Morgan fingerprint density at radius 1 is 1.22 bits per heavy atom. The van der Waals surface area contributed by atoms with E-state index in [1.807, 2.05) is 6.92 Å². The Balaban J connectivity index is 2.60. The zero-order chi connectivity index (χ0) is 14.0. The molecule has 0 aromatic rings. The molecule has 3 N–H and O–H groups in total. The van der Waals surface area contributed by atoms with Crippen LogP contribution in [0.15, 0.2) is 0 Å². The number of carbonyl (C=O) groups is 2. The third kappa shape index (κ3) is 3.89. The molecule has 1 fully saturated rings. The quantitative estimate of drug-likeness (QED) is 0.723. The zero-order valence-corrected chi connectivity index (χ0v) is 11.7. The third-order valence-electron chi connectivity index (χ3n) is 3.51. The van der Waals surface area contributed by atoms with E-state index < -0.39 is 17.4 Å². The second-order valence-electron chi connectivity index (χ2n) is 6.50. The predicted octanol–water partition coefficient (Wildman–Crippen LogP) is 2.12. The first-order chi connectivity index (χ1) is 8.14. The van der Waals surface area contributed by atoms with Crippen molar-refractivity contribution in [3.63, 3.8) is 0 Å². The number of carbonyl (C=O) groups excluding carboxylic acids is 1. The lowest BCUT2D eigenvalue weighted by Crippen LogP contribution is -2.56. The number of hydrogen-bond donors (Lipinski definition) is 3. The van der Waals surface area contributed by atoms with Crippen LogP contribution in [-0.4, -0.2) is 28.7 Å². The number of aliphatic carboxylic acids is 1. The van der Waals surface area contributed by atoms with Gasteiger partial charge in [-0.1, -0.05) is 33.6 Å². The van der Waals surface area contributed by atoms with Gasteiger partial charge in [0.2, 0.25) is 0 Å². The molecule has 0 unspecified atom stereocenters. The van der Waals surface area contributed by atoms with Crippen molar-refractivity contribution in [2.75, 3.05) is 0 Å². The molecule has 1 aliphatic carbocycles.